The Morgan fingerprint density at radius 2 is 1.26 bits per heavy atom. The average molecular weight is 560 g/mol. The van der Waals surface area contributed by atoms with E-state index in [1.807, 2.05) is 4.72 Å². The SMILES string of the molecule is C=CC1CC1(NC(=O)OC(C)(C)C)C(=O)NS(C)(=O)=O.C=CC1CC1(NC(=O)OC(C)(C)C)C(=O)OCC. The monoisotopic (exact) mass is 559 g/mol. The van der Waals surface area contributed by atoms with E-state index >= 15 is 0 Å². The lowest BCUT2D eigenvalue weighted by atomic mass is 10.2. The highest BCUT2D eigenvalue weighted by atomic mass is 32.2. The molecule has 0 aromatic heterocycles. The zero-order chi connectivity index (χ0) is 29.7. The Morgan fingerprint density at radius 3 is 1.58 bits per heavy atom. The highest BCUT2D eigenvalue weighted by molar-refractivity contribution is 7.89. The van der Waals surface area contributed by atoms with E-state index in [0.29, 0.717) is 6.42 Å². The smallest absolute Gasteiger partial charge is 0.408 e. The second-order valence-electron chi connectivity index (χ2n) is 11.2. The van der Waals surface area contributed by atoms with Crippen LogP contribution in [0.15, 0.2) is 25.3 Å². The molecule has 0 heterocycles. The number of hydrogen-bond donors (Lipinski definition) is 3. The number of esters is 1. The van der Waals surface area contributed by atoms with Crippen LogP contribution in [0, 0.1) is 11.8 Å². The van der Waals surface area contributed by atoms with Crippen molar-refractivity contribution in [1.82, 2.24) is 15.4 Å². The van der Waals surface area contributed by atoms with Crippen molar-refractivity contribution in [2.24, 2.45) is 11.8 Å². The maximum Gasteiger partial charge on any atom is 0.408 e. The number of sulfonamides is 1. The van der Waals surface area contributed by atoms with Gasteiger partial charge in [-0.2, -0.15) is 0 Å². The minimum Gasteiger partial charge on any atom is -0.464 e. The van der Waals surface area contributed by atoms with Crippen molar-refractivity contribution in [1.29, 1.82) is 0 Å². The van der Waals surface area contributed by atoms with E-state index in [1.165, 1.54) is 6.08 Å². The summed E-state index contributed by atoms with van der Waals surface area (Å²) in [6, 6.07) is 0. The second kappa shape index (κ2) is 11.7. The van der Waals surface area contributed by atoms with Crippen molar-refractivity contribution in [3.8, 4) is 0 Å². The Kier molecular flexibility index (Phi) is 10.2. The topological polar surface area (TPSA) is 166 Å². The largest absolute Gasteiger partial charge is 0.464 e. The van der Waals surface area contributed by atoms with E-state index in [2.05, 4.69) is 23.8 Å². The number of carbonyl (C=O) groups is 4. The molecule has 3 N–H and O–H groups in total. The van der Waals surface area contributed by atoms with Gasteiger partial charge in [0.25, 0.3) is 5.91 Å². The molecule has 12 nitrogen and oxygen atoms in total. The van der Waals surface area contributed by atoms with Crippen molar-refractivity contribution in [3.05, 3.63) is 25.3 Å². The number of alkyl carbamates (subject to hydrolysis) is 2. The van der Waals surface area contributed by atoms with Gasteiger partial charge in [-0.1, -0.05) is 12.2 Å². The number of nitrogens with one attached hydrogen (secondary N) is 3. The molecule has 0 radical (unpaired) electrons. The molecule has 216 valence electrons. The molecular weight excluding hydrogens is 518 g/mol. The molecule has 0 bridgehead atoms. The van der Waals surface area contributed by atoms with E-state index in [0.717, 1.165) is 6.26 Å². The van der Waals surface area contributed by atoms with Gasteiger partial charge < -0.3 is 24.8 Å². The Morgan fingerprint density at radius 1 is 0.868 bits per heavy atom. The lowest BCUT2D eigenvalue weighted by Crippen LogP contribution is -2.52. The molecule has 2 aliphatic rings. The average Bonchev–Trinajstić information content (AvgIpc) is 3.59. The first kappa shape index (κ1) is 32.9. The van der Waals surface area contributed by atoms with Gasteiger partial charge >= 0.3 is 18.2 Å². The van der Waals surface area contributed by atoms with Gasteiger partial charge in [0, 0.05) is 11.8 Å². The first-order valence-corrected chi connectivity index (χ1v) is 14.0. The Hall–Kier alpha value is -3.09. The molecule has 3 amide bonds. The number of carbonyl (C=O) groups excluding carboxylic acids is 4. The Labute approximate surface area is 225 Å². The van der Waals surface area contributed by atoms with Crippen molar-refractivity contribution >= 4 is 34.1 Å². The van der Waals surface area contributed by atoms with Crippen LogP contribution in [0.5, 0.6) is 0 Å². The molecular formula is C25H41N3O9S. The van der Waals surface area contributed by atoms with Crippen molar-refractivity contribution < 1.29 is 41.8 Å². The Bertz CT molecular complexity index is 1060. The predicted octanol–water partition coefficient (Wildman–Crippen LogP) is 2.55. The number of amides is 3. The highest BCUT2D eigenvalue weighted by Crippen LogP contribution is 2.46. The summed E-state index contributed by atoms with van der Waals surface area (Å²) in [5.41, 5.74) is -3.59. The van der Waals surface area contributed by atoms with Gasteiger partial charge in [-0.05, 0) is 61.3 Å². The summed E-state index contributed by atoms with van der Waals surface area (Å²) in [7, 11) is -3.70. The molecule has 38 heavy (non-hydrogen) atoms. The summed E-state index contributed by atoms with van der Waals surface area (Å²) < 4.78 is 39.3. The predicted molar refractivity (Wildman–Crippen MR) is 140 cm³/mol. The highest BCUT2D eigenvalue weighted by Gasteiger charge is 2.62. The van der Waals surface area contributed by atoms with Gasteiger partial charge in [-0.3, -0.25) is 9.52 Å². The van der Waals surface area contributed by atoms with Gasteiger partial charge in [0.05, 0.1) is 12.9 Å². The van der Waals surface area contributed by atoms with Crippen LogP contribution in [0.25, 0.3) is 0 Å². The van der Waals surface area contributed by atoms with Crippen LogP contribution in [0.1, 0.15) is 61.3 Å². The molecule has 2 aliphatic carbocycles. The number of hydrogen-bond acceptors (Lipinski definition) is 9. The van der Waals surface area contributed by atoms with E-state index in [9.17, 15) is 27.6 Å². The van der Waals surface area contributed by atoms with Gasteiger partial charge in [-0.15, -0.1) is 13.2 Å². The van der Waals surface area contributed by atoms with Crippen LogP contribution >= 0.6 is 0 Å². The maximum atomic E-state index is 12.0. The van der Waals surface area contributed by atoms with E-state index in [-0.39, 0.29) is 24.9 Å². The van der Waals surface area contributed by atoms with E-state index < -0.39 is 56.4 Å². The Balaban J connectivity index is 0.000000382. The summed E-state index contributed by atoms with van der Waals surface area (Å²) in [5, 5.41) is 5.04. The lowest BCUT2D eigenvalue weighted by Gasteiger charge is -2.23. The molecule has 2 rings (SSSR count). The summed E-state index contributed by atoms with van der Waals surface area (Å²) >= 11 is 0. The summed E-state index contributed by atoms with van der Waals surface area (Å²) in [6.45, 7) is 19.6. The van der Waals surface area contributed by atoms with Gasteiger partial charge in [0.1, 0.15) is 22.3 Å². The van der Waals surface area contributed by atoms with Crippen LogP contribution in [0.4, 0.5) is 9.59 Å². The normalized spacial score (nSPS) is 25.8. The fourth-order valence-electron chi connectivity index (χ4n) is 3.53. The summed E-state index contributed by atoms with van der Waals surface area (Å²) in [4.78, 5) is 47.3. The number of ether oxygens (including phenoxy) is 3. The first-order chi connectivity index (χ1) is 17.1. The van der Waals surface area contributed by atoms with Crippen molar-refractivity contribution in [2.75, 3.05) is 12.9 Å². The second-order valence-corrected chi connectivity index (χ2v) is 13.0. The molecule has 0 aromatic carbocycles. The lowest BCUT2D eigenvalue weighted by molar-refractivity contribution is -0.147. The molecule has 2 fully saturated rings. The maximum absolute atomic E-state index is 12.0. The third-order valence-corrected chi connectivity index (χ3v) is 5.93. The molecule has 4 atom stereocenters. The van der Waals surface area contributed by atoms with Gasteiger partial charge in [0.2, 0.25) is 10.0 Å². The van der Waals surface area contributed by atoms with E-state index in [1.54, 1.807) is 54.5 Å². The quantitative estimate of drug-likeness (QED) is 0.230. The fraction of sp³-hybridized carbons (Fsp3) is 0.680. The standard InChI is InChI=1S/C13H21NO4.C12H20N2O5S/c1-6-9-8-13(9,10(15)17-7-2)14-11(16)18-12(3,4)5;1-6-8-7-12(8,9(15)14-20(5,17)18)13-10(16)19-11(2,3)4/h6,9H,1,7-8H2,2-5H3,(H,14,16);6,8H,1,7H2,2-5H3,(H,13,16)(H,14,15). The minimum absolute atomic E-state index is 0.0935. The summed E-state index contributed by atoms with van der Waals surface area (Å²) in [5.74, 6) is -1.63. The van der Waals surface area contributed by atoms with Crippen LogP contribution < -0.4 is 15.4 Å². The molecule has 4 unspecified atom stereocenters. The number of rotatable bonds is 8. The van der Waals surface area contributed by atoms with Crippen molar-refractivity contribution in [2.45, 2.75) is 83.6 Å². The third-order valence-electron chi connectivity index (χ3n) is 5.37. The van der Waals surface area contributed by atoms with E-state index in [4.69, 9.17) is 14.2 Å². The molecule has 13 heteroatoms. The molecule has 0 saturated heterocycles. The molecule has 0 aliphatic heterocycles. The van der Waals surface area contributed by atoms with Crippen molar-refractivity contribution in [3.63, 3.8) is 0 Å². The van der Waals surface area contributed by atoms with Gasteiger partial charge in [-0.25, -0.2) is 22.8 Å². The van der Waals surface area contributed by atoms with Crippen LogP contribution in [-0.2, 0) is 33.8 Å². The van der Waals surface area contributed by atoms with Crippen LogP contribution in [0.3, 0.4) is 0 Å². The molecule has 0 spiro atoms. The third kappa shape index (κ3) is 9.66. The molecule has 2 saturated carbocycles. The van der Waals surface area contributed by atoms with Crippen LogP contribution in [0.2, 0.25) is 0 Å². The summed E-state index contributed by atoms with van der Waals surface area (Å²) in [6.07, 6.45) is 3.43. The first-order valence-electron chi connectivity index (χ1n) is 12.1. The zero-order valence-corrected chi connectivity index (χ0v) is 24.2. The van der Waals surface area contributed by atoms with Crippen LogP contribution in [-0.4, -0.2) is 67.6 Å². The zero-order valence-electron chi connectivity index (χ0n) is 23.4. The molecule has 0 aromatic rings. The van der Waals surface area contributed by atoms with Gasteiger partial charge in [0.15, 0.2) is 0 Å². The minimum atomic E-state index is -3.70. The fourth-order valence-corrected chi connectivity index (χ4v) is 4.05.